The third kappa shape index (κ3) is 2.40. The number of carbonyl (C=O) groups is 1. The highest BCUT2D eigenvalue weighted by Crippen LogP contribution is 2.27. The molecule has 1 aromatic carbocycles. The number of carbonyl (C=O) groups excluding carboxylic acids is 1. The van der Waals surface area contributed by atoms with E-state index in [9.17, 15) is 4.79 Å². The number of aliphatic hydroxyl groups is 1. The molecule has 0 aliphatic carbocycles. The lowest BCUT2D eigenvalue weighted by Crippen LogP contribution is -2.38. The highest BCUT2D eigenvalue weighted by Gasteiger charge is 2.20. The summed E-state index contributed by atoms with van der Waals surface area (Å²) in [6.45, 7) is 4.29. The Bertz CT molecular complexity index is 547. The minimum atomic E-state index is -0.00795. The van der Waals surface area contributed by atoms with Gasteiger partial charge in [-0.15, -0.1) is 11.3 Å². The minimum Gasteiger partial charge on any atom is -0.395 e. The van der Waals surface area contributed by atoms with Crippen LogP contribution in [-0.4, -0.2) is 35.1 Å². The number of nitrogens with zero attached hydrogens (tertiary/aromatic N) is 1. The number of benzene rings is 1. The molecule has 0 unspecified atom stereocenters. The van der Waals surface area contributed by atoms with Crippen molar-refractivity contribution in [1.82, 2.24) is 4.90 Å². The second kappa shape index (κ2) is 5.50. The maximum atomic E-state index is 12.5. The van der Waals surface area contributed by atoms with Gasteiger partial charge in [0.15, 0.2) is 0 Å². The molecule has 0 aliphatic heterocycles. The molecule has 2 rings (SSSR count). The van der Waals surface area contributed by atoms with Crippen LogP contribution in [0.5, 0.6) is 0 Å². The van der Waals surface area contributed by atoms with Crippen LogP contribution in [-0.2, 0) is 0 Å². The van der Waals surface area contributed by atoms with Crippen molar-refractivity contribution in [2.45, 2.75) is 19.9 Å². The zero-order valence-corrected chi connectivity index (χ0v) is 11.4. The molecule has 2 aromatic rings. The molecule has 0 spiro atoms. The Kier molecular flexibility index (Phi) is 3.99. The second-order valence-corrected chi connectivity index (χ2v) is 5.37. The molecule has 0 saturated carbocycles. The fourth-order valence-corrected chi connectivity index (χ4v) is 2.93. The summed E-state index contributed by atoms with van der Waals surface area (Å²) in [4.78, 5) is 14.2. The molecule has 0 fully saturated rings. The first-order chi connectivity index (χ1) is 8.65. The minimum absolute atomic E-state index is 0.00324. The molecular formula is C14H17NO2S. The summed E-state index contributed by atoms with van der Waals surface area (Å²) >= 11 is 1.58. The molecule has 0 atom stereocenters. The lowest BCUT2D eigenvalue weighted by molar-refractivity contribution is 0.0668. The van der Waals surface area contributed by atoms with Crippen molar-refractivity contribution in [3.8, 4) is 0 Å². The number of rotatable bonds is 4. The Balaban J connectivity index is 2.38. The first kappa shape index (κ1) is 13.1. The Morgan fingerprint density at radius 3 is 2.78 bits per heavy atom. The van der Waals surface area contributed by atoms with Crippen LogP contribution in [0.4, 0.5) is 0 Å². The van der Waals surface area contributed by atoms with Crippen molar-refractivity contribution in [3.63, 3.8) is 0 Å². The highest BCUT2D eigenvalue weighted by atomic mass is 32.1. The van der Waals surface area contributed by atoms with Gasteiger partial charge in [-0.2, -0.15) is 0 Å². The fourth-order valence-electron chi connectivity index (χ4n) is 2.00. The molecule has 0 radical (unpaired) electrons. The van der Waals surface area contributed by atoms with Gasteiger partial charge in [0.2, 0.25) is 0 Å². The average molecular weight is 263 g/mol. The number of fused-ring (bicyclic) bond motifs is 1. The van der Waals surface area contributed by atoms with Crippen LogP contribution in [0, 0.1) is 0 Å². The third-order valence-corrected chi connectivity index (χ3v) is 3.90. The Morgan fingerprint density at radius 1 is 1.39 bits per heavy atom. The zero-order chi connectivity index (χ0) is 13.1. The van der Waals surface area contributed by atoms with E-state index in [2.05, 4.69) is 0 Å². The van der Waals surface area contributed by atoms with Gasteiger partial charge in [-0.3, -0.25) is 4.79 Å². The van der Waals surface area contributed by atoms with Crippen molar-refractivity contribution in [3.05, 3.63) is 35.2 Å². The molecule has 0 saturated heterocycles. The van der Waals surface area contributed by atoms with Crippen molar-refractivity contribution < 1.29 is 9.90 Å². The van der Waals surface area contributed by atoms with Gasteiger partial charge in [-0.1, -0.05) is 18.2 Å². The lowest BCUT2D eigenvalue weighted by atomic mass is 10.1. The standard InChI is InChI=1S/C14H17NO2S/c1-10(2)15(7-8-16)14(17)12-9-18-13-6-4-3-5-11(12)13/h3-6,9-10,16H,7-8H2,1-2H3. The maximum Gasteiger partial charge on any atom is 0.255 e. The SMILES string of the molecule is CC(C)N(CCO)C(=O)c1csc2ccccc12. The van der Waals surface area contributed by atoms with Crippen LogP contribution in [0.3, 0.4) is 0 Å². The quantitative estimate of drug-likeness (QED) is 0.921. The summed E-state index contributed by atoms with van der Waals surface area (Å²) < 4.78 is 1.12. The molecule has 3 nitrogen and oxygen atoms in total. The average Bonchev–Trinajstić information content (AvgIpc) is 2.78. The van der Waals surface area contributed by atoms with E-state index in [1.807, 2.05) is 43.5 Å². The Labute approximate surface area is 111 Å². The van der Waals surface area contributed by atoms with E-state index in [1.54, 1.807) is 16.2 Å². The van der Waals surface area contributed by atoms with Gasteiger partial charge in [0, 0.05) is 28.1 Å². The third-order valence-electron chi connectivity index (χ3n) is 2.94. The lowest BCUT2D eigenvalue weighted by Gasteiger charge is -2.25. The van der Waals surface area contributed by atoms with Crippen molar-refractivity contribution in [2.75, 3.05) is 13.2 Å². The first-order valence-electron chi connectivity index (χ1n) is 6.03. The maximum absolute atomic E-state index is 12.5. The smallest absolute Gasteiger partial charge is 0.255 e. The number of amides is 1. The van der Waals surface area contributed by atoms with E-state index in [-0.39, 0.29) is 18.6 Å². The van der Waals surface area contributed by atoms with Gasteiger partial charge in [-0.25, -0.2) is 0 Å². The van der Waals surface area contributed by atoms with Gasteiger partial charge in [-0.05, 0) is 19.9 Å². The van der Waals surface area contributed by atoms with Crippen LogP contribution < -0.4 is 0 Å². The topological polar surface area (TPSA) is 40.5 Å². The summed E-state index contributed by atoms with van der Waals surface area (Å²) in [5, 5.41) is 12.0. The van der Waals surface area contributed by atoms with Crippen LogP contribution in [0.25, 0.3) is 10.1 Å². The van der Waals surface area contributed by atoms with E-state index in [0.29, 0.717) is 6.54 Å². The molecule has 96 valence electrons. The number of hydrogen-bond donors (Lipinski definition) is 1. The number of aliphatic hydroxyl groups excluding tert-OH is 1. The van der Waals surface area contributed by atoms with E-state index in [1.165, 1.54) is 0 Å². The monoisotopic (exact) mass is 263 g/mol. The van der Waals surface area contributed by atoms with Crippen molar-refractivity contribution >= 4 is 27.3 Å². The Hall–Kier alpha value is -1.39. The molecule has 18 heavy (non-hydrogen) atoms. The van der Waals surface area contributed by atoms with E-state index in [0.717, 1.165) is 15.6 Å². The molecule has 1 aromatic heterocycles. The zero-order valence-electron chi connectivity index (χ0n) is 10.6. The van der Waals surface area contributed by atoms with Crippen LogP contribution >= 0.6 is 11.3 Å². The predicted molar refractivity (Wildman–Crippen MR) is 75.1 cm³/mol. The fraction of sp³-hybridized carbons (Fsp3) is 0.357. The summed E-state index contributed by atoms with van der Waals surface area (Å²) in [7, 11) is 0. The first-order valence-corrected chi connectivity index (χ1v) is 6.91. The Morgan fingerprint density at radius 2 is 2.11 bits per heavy atom. The normalized spacial score (nSPS) is 11.1. The van der Waals surface area contributed by atoms with Crippen LogP contribution in [0.1, 0.15) is 24.2 Å². The molecular weight excluding hydrogens is 246 g/mol. The number of hydrogen-bond acceptors (Lipinski definition) is 3. The molecule has 0 aliphatic rings. The summed E-state index contributed by atoms with van der Waals surface area (Å²) in [6, 6.07) is 7.99. The van der Waals surface area contributed by atoms with Gasteiger partial charge < -0.3 is 10.0 Å². The van der Waals surface area contributed by atoms with Gasteiger partial charge in [0.1, 0.15) is 0 Å². The summed E-state index contributed by atoms with van der Waals surface area (Å²) in [5.74, 6) is -0.00324. The van der Waals surface area contributed by atoms with Crippen LogP contribution in [0.15, 0.2) is 29.6 Å². The molecule has 0 bridgehead atoms. The highest BCUT2D eigenvalue weighted by molar-refractivity contribution is 7.17. The van der Waals surface area contributed by atoms with Gasteiger partial charge >= 0.3 is 0 Å². The van der Waals surface area contributed by atoms with Gasteiger partial charge in [0.05, 0.1) is 12.2 Å². The van der Waals surface area contributed by atoms with Crippen molar-refractivity contribution in [1.29, 1.82) is 0 Å². The van der Waals surface area contributed by atoms with E-state index >= 15 is 0 Å². The molecule has 4 heteroatoms. The second-order valence-electron chi connectivity index (χ2n) is 4.46. The number of thiophene rings is 1. The van der Waals surface area contributed by atoms with Crippen molar-refractivity contribution in [2.24, 2.45) is 0 Å². The van der Waals surface area contributed by atoms with Gasteiger partial charge in [0.25, 0.3) is 5.91 Å². The molecule has 1 heterocycles. The molecule has 1 amide bonds. The van der Waals surface area contributed by atoms with Crippen LogP contribution in [0.2, 0.25) is 0 Å². The van der Waals surface area contributed by atoms with E-state index < -0.39 is 0 Å². The summed E-state index contributed by atoms with van der Waals surface area (Å²) in [5.41, 5.74) is 0.734. The molecule has 1 N–H and O–H groups in total. The van der Waals surface area contributed by atoms with E-state index in [4.69, 9.17) is 5.11 Å². The summed E-state index contributed by atoms with van der Waals surface area (Å²) in [6.07, 6.45) is 0. The predicted octanol–water partition coefficient (Wildman–Crippen LogP) is 2.74. The largest absolute Gasteiger partial charge is 0.395 e.